The molecule has 132 valence electrons. The molecular weight excluding hydrogens is 332 g/mol. The number of phenolic OH excluding ortho intramolecular Hbond substituents is 1. The third-order valence-electron chi connectivity index (χ3n) is 3.13. The van der Waals surface area contributed by atoms with E-state index in [1.165, 1.54) is 24.3 Å². The molecule has 26 heavy (non-hydrogen) atoms. The number of phenols is 1. The minimum Gasteiger partial charge on any atom is -0.506 e. The molecule has 0 spiro atoms. The van der Waals surface area contributed by atoms with E-state index >= 15 is 0 Å². The first-order valence-electron chi connectivity index (χ1n) is 7.63. The van der Waals surface area contributed by atoms with E-state index in [0.717, 1.165) is 5.57 Å². The Labute approximate surface area is 151 Å². The lowest BCUT2D eigenvalue weighted by atomic mass is 10.1. The van der Waals surface area contributed by atoms with Crippen LogP contribution in [0.4, 0.5) is 5.69 Å². The molecule has 0 radical (unpaired) electrons. The van der Waals surface area contributed by atoms with E-state index in [4.69, 9.17) is 10.00 Å². The molecule has 6 heteroatoms. The smallest absolute Gasteiger partial charge is 0.349 e. The average Bonchev–Trinajstić information content (AvgIpc) is 2.65. The number of hydrogen-bond acceptors (Lipinski definition) is 6. The number of rotatable bonds is 8. The summed E-state index contributed by atoms with van der Waals surface area (Å²) in [5, 5.41) is 21.3. The number of nitriles is 1. The Morgan fingerprint density at radius 2 is 2.19 bits per heavy atom. The fourth-order valence-corrected chi connectivity index (χ4v) is 1.82. The Bertz CT molecular complexity index is 840. The lowest BCUT2D eigenvalue weighted by molar-refractivity contribution is -0.137. The van der Waals surface area contributed by atoms with Gasteiger partial charge in [0.15, 0.2) is 0 Å². The van der Waals surface area contributed by atoms with Crippen LogP contribution in [0.25, 0.3) is 6.08 Å². The van der Waals surface area contributed by atoms with Crippen molar-refractivity contribution in [3.05, 3.63) is 82.9 Å². The Kier molecular flexibility index (Phi) is 8.55. The number of allylic oxidation sites excluding steroid dienone is 6. The molecule has 0 fully saturated rings. The number of hydrogen-bond donors (Lipinski definition) is 1. The van der Waals surface area contributed by atoms with Gasteiger partial charge in [0.25, 0.3) is 0 Å². The van der Waals surface area contributed by atoms with Crippen molar-refractivity contribution in [2.75, 3.05) is 6.61 Å². The number of nitrogens with zero attached hydrogens (tertiary/aromatic N) is 2. The molecule has 1 N–H and O–H groups in total. The minimum absolute atomic E-state index is 0.00360. The molecule has 0 aromatic heterocycles. The predicted molar refractivity (Wildman–Crippen MR) is 100 cm³/mol. The van der Waals surface area contributed by atoms with Gasteiger partial charge in [-0.1, -0.05) is 43.0 Å². The third-order valence-corrected chi connectivity index (χ3v) is 3.13. The van der Waals surface area contributed by atoms with Gasteiger partial charge < -0.3 is 9.84 Å². The van der Waals surface area contributed by atoms with E-state index in [1.54, 1.807) is 30.4 Å². The summed E-state index contributed by atoms with van der Waals surface area (Å²) in [6.07, 6.45) is 11.8. The number of aromatic hydroxyl groups is 1. The fourth-order valence-electron chi connectivity index (χ4n) is 1.82. The van der Waals surface area contributed by atoms with Crippen molar-refractivity contribution in [1.29, 1.82) is 5.26 Å². The van der Waals surface area contributed by atoms with Crippen LogP contribution in [0, 0.1) is 16.2 Å². The van der Waals surface area contributed by atoms with Gasteiger partial charge in [-0.15, -0.1) is 4.91 Å². The van der Waals surface area contributed by atoms with Crippen molar-refractivity contribution in [2.45, 2.75) is 6.92 Å². The molecule has 0 bridgehead atoms. The maximum atomic E-state index is 12.0. The highest BCUT2D eigenvalue weighted by atomic mass is 16.5. The van der Waals surface area contributed by atoms with Gasteiger partial charge >= 0.3 is 5.97 Å². The molecule has 6 nitrogen and oxygen atoms in total. The number of nitroso groups, excluding NO2 is 1. The van der Waals surface area contributed by atoms with Crippen LogP contribution in [0.1, 0.15) is 12.5 Å². The van der Waals surface area contributed by atoms with Crippen LogP contribution in [-0.2, 0) is 9.53 Å². The van der Waals surface area contributed by atoms with Gasteiger partial charge in [-0.05, 0) is 47.5 Å². The van der Waals surface area contributed by atoms with Crippen LogP contribution in [0.15, 0.2) is 77.6 Å². The number of benzene rings is 1. The van der Waals surface area contributed by atoms with Crippen molar-refractivity contribution in [3.8, 4) is 11.8 Å². The van der Waals surface area contributed by atoms with E-state index in [1.807, 2.05) is 19.1 Å². The van der Waals surface area contributed by atoms with Crippen molar-refractivity contribution >= 4 is 17.7 Å². The zero-order valence-electron chi connectivity index (χ0n) is 14.3. The molecule has 1 rings (SSSR count). The van der Waals surface area contributed by atoms with E-state index in [9.17, 15) is 14.8 Å². The van der Waals surface area contributed by atoms with Gasteiger partial charge in [0, 0.05) is 0 Å². The highest BCUT2D eigenvalue weighted by molar-refractivity contribution is 5.98. The van der Waals surface area contributed by atoms with Crippen molar-refractivity contribution in [2.24, 2.45) is 5.18 Å². The van der Waals surface area contributed by atoms with Crippen LogP contribution in [0.5, 0.6) is 5.75 Å². The number of ether oxygens (including phenoxy) is 1. The van der Waals surface area contributed by atoms with Gasteiger partial charge in [0.2, 0.25) is 0 Å². The summed E-state index contributed by atoms with van der Waals surface area (Å²) >= 11 is 0. The number of carbonyl (C=O) groups is 1. The molecule has 0 aliphatic rings. The topological polar surface area (TPSA) is 99.8 Å². The summed E-state index contributed by atoms with van der Waals surface area (Å²) in [5.41, 5.74) is 0.919. The van der Waals surface area contributed by atoms with E-state index in [2.05, 4.69) is 11.8 Å². The molecule has 1 aromatic carbocycles. The first-order valence-corrected chi connectivity index (χ1v) is 7.63. The summed E-state index contributed by atoms with van der Waals surface area (Å²) in [6, 6.07) is 5.71. The summed E-state index contributed by atoms with van der Waals surface area (Å²) in [7, 11) is 0. The Hall–Kier alpha value is -3.72. The van der Waals surface area contributed by atoms with Crippen LogP contribution in [0.2, 0.25) is 0 Å². The molecule has 0 saturated carbocycles. The Morgan fingerprint density at radius 1 is 1.42 bits per heavy atom. The summed E-state index contributed by atoms with van der Waals surface area (Å²) in [6.45, 7) is 5.45. The minimum atomic E-state index is -0.794. The largest absolute Gasteiger partial charge is 0.506 e. The molecule has 0 aliphatic heterocycles. The first kappa shape index (κ1) is 20.3. The third kappa shape index (κ3) is 6.42. The van der Waals surface area contributed by atoms with Crippen molar-refractivity contribution < 1.29 is 14.6 Å². The standard InChI is InChI=1S/C20H18N2O4/c1-3-5-7-15(4-2)8-6-11-26-20(24)17(14-21)12-16-9-10-18(22-25)19(23)13-16/h3-10,12-13,23H,1,11H2,2H3/b7-5-,8-6+,15-4+,17-12+. The second-order valence-electron chi connectivity index (χ2n) is 4.89. The Balaban J connectivity index is 2.76. The maximum absolute atomic E-state index is 12.0. The fraction of sp³-hybridized carbons (Fsp3) is 0.100. The zero-order valence-corrected chi connectivity index (χ0v) is 14.3. The quantitative estimate of drug-likeness (QED) is 0.245. The molecule has 0 aliphatic carbocycles. The molecule has 0 unspecified atom stereocenters. The normalized spacial score (nSPS) is 12.2. The van der Waals surface area contributed by atoms with Crippen molar-refractivity contribution in [3.63, 3.8) is 0 Å². The molecule has 1 aromatic rings. The lowest BCUT2D eigenvalue weighted by Gasteiger charge is -2.02. The average molecular weight is 350 g/mol. The highest BCUT2D eigenvalue weighted by Gasteiger charge is 2.11. The molecule has 0 atom stereocenters. The summed E-state index contributed by atoms with van der Waals surface area (Å²) in [5.74, 6) is -1.13. The molecule has 0 heterocycles. The van der Waals surface area contributed by atoms with Gasteiger partial charge in [-0.2, -0.15) is 5.26 Å². The van der Waals surface area contributed by atoms with Crippen LogP contribution in [-0.4, -0.2) is 17.7 Å². The van der Waals surface area contributed by atoms with E-state index < -0.39 is 5.97 Å². The predicted octanol–water partition coefficient (Wildman–Crippen LogP) is 4.48. The summed E-state index contributed by atoms with van der Waals surface area (Å²) < 4.78 is 5.02. The monoisotopic (exact) mass is 350 g/mol. The van der Waals surface area contributed by atoms with Crippen LogP contribution < -0.4 is 0 Å². The lowest BCUT2D eigenvalue weighted by Crippen LogP contribution is -2.06. The molecule has 0 amide bonds. The Morgan fingerprint density at radius 3 is 2.77 bits per heavy atom. The van der Waals surface area contributed by atoms with Gasteiger partial charge in [-0.25, -0.2) is 4.79 Å². The highest BCUT2D eigenvalue weighted by Crippen LogP contribution is 2.27. The SMILES string of the molecule is C=C\C=C/C(/C=C/COC(=O)/C(C#N)=C/c1ccc(N=O)c(O)c1)=C\C. The van der Waals surface area contributed by atoms with Gasteiger partial charge in [-0.3, -0.25) is 0 Å². The van der Waals surface area contributed by atoms with E-state index in [-0.39, 0.29) is 23.6 Å². The van der Waals surface area contributed by atoms with Gasteiger partial charge in [0.1, 0.15) is 29.7 Å². The molecule has 0 saturated heterocycles. The van der Waals surface area contributed by atoms with Crippen LogP contribution in [0.3, 0.4) is 0 Å². The number of esters is 1. The number of carbonyl (C=O) groups excluding carboxylic acids is 1. The maximum Gasteiger partial charge on any atom is 0.349 e. The zero-order chi connectivity index (χ0) is 19.4. The second kappa shape index (κ2) is 10.9. The second-order valence-corrected chi connectivity index (χ2v) is 4.89. The van der Waals surface area contributed by atoms with Gasteiger partial charge in [0.05, 0.1) is 0 Å². The van der Waals surface area contributed by atoms with E-state index in [0.29, 0.717) is 5.56 Å². The first-order chi connectivity index (χ1) is 12.5. The molecular formula is C20H18N2O4. The summed E-state index contributed by atoms with van der Waals surface area (Å²) in [4.78, 5) is 22.4. The van der Waals surface area contributed by atoms with Crippen molar-refractivity contribution in [1.82, 2.24) is 0 Å². The van der Waals surface area contributed by atoms with Crippen LogP contribution >= 0.6 is 0 Å².